The molecule has 0 aliphatic rings. The number of amides is 2. The fourth-order valence-corrected chi connectivity index (χ4v) is 4.38. The SMILES string of the molecule is CCCCNC(=O)[C@H](C)N(Cc1cccc(Cl)c1)C(=O)CN(c1ccc(OC)cc1)S(C)(=O)=O. The fraction of sp³-hybridized carbons (Fsp3) is 0.417. The van der Waals surface area contributed by atoms with E-state index in [0.29, 0.717) is 23.0 Å². The monoisotopic (exact) mass is 509 g/mol. The number of nitrogens with zero attached hydrogens (tertiary/aromatic N) is 2. The Balaban J connectivity index is 2.34. The Bertz CT molecular complexity index is 1080. The average molecular weight is 510 g/mol. The summed E-state index contributed by atoms with van der Waals surface area (Å²) in [6.07, 6.45) is 2.78. The number of carbonyl (C=O) groups is 2. The standard InChI is InChI=1S/C24H32ClN3O5S/c1-5-6-14-26-24(30)18(2)27(16-19-8-7-9-20(25)15-19)23(29)17-28(34(4,31)32)21-10-12-22(33-3)13-11-21/h7-13,15,18H,5-6,14,16-17H2,1-4H3,(H,26,30)/t18-/m0/s1. The zero-order valence-corrected chi connectivity index (χ0v) is 21.5. The number of unbranched alkanes of at least 4 members (excludes halogenated alkanes) is 1. The summed E-state index contributed by atoms with van der Waals surface area (Å²) in [5.41, 5.74) is 1.05. The largest absolute Gasteiger partial charge is 0.497 e. The van der Waals surface area contributed by atoms with Gasteiger partial charge in [-0.3, -0.25) is 13.9 Å². The quantitative estimate of drug-likeness (QED) is 0.442. The molecule has 0 bridgehead atoms. The van der Waals surface area contributed by atoms with E-state index in [2.05, 4.69) is 5.32 Å². The van der Waals surface area contributed by atoms with Crippen LogP contribution in [0.2, 0.25) is 5.02 Å². The first-order valence-corrected chi connectivity index (χ1v) is 13.2. The first-order valence-electron chi connectivity index (χ1n) is 11.0. The molecule has 0 aromatic heterocycles. The van der Waals surface area contributed by atoms with Crippen LogP contribution < -0.4 is 14.4 Å². The van der Waals surface area contributed by atoms with Crippen molar-refractivity contribution >= 4 is 39.1 Å². The van der Waals surface area contributed by atoms with E-state index in [0.717, 1.165) is 29.0 Å². The molecule has 10 heteroatoms. The Labute approximate surface area is 206 Å². The molecule has 0 saturated carbocycles. The van der Waals surface area contributed by atoms with Crippen LogP contribution in [0.1, 0.15) is 32.3 Å². The molecule has 2 amide bonds. The summed E-state index contributed by atoms with van der Waals surface area (Å²) in [7, 11) is -2.28. The summed E-state index contributed by atoms with van der Waals surface area (Å²) in [6, 6.07) is 12.5. The van der Waals surface area contributed by atoms with Crippen molar-refractivity contribution in [3.8, 4) is 5.75 Å². The second kappa shape index (κ2) is 12.6. The number of methoxy groups -OCH3 is 1. The minimum atomic E-state index is -3.79. The molecule has 0 unspecified atom stereocenters. The molecule has 8 nitrogen and oxygen atoms in total. The lowest BCUT2D eigenvalue weighted by atomic mass is 10.1. The third-order valence-electron chi connectivity index (χ3n) is 5.28. The number of benzene rings is 2. The maximum Gasteiger partial charge on any atom is 0.244 e. The summed E-state index contributed by atoms with van der Waals surface area (Å²) < 4.78 is 31.3. The molecule has 2 rings (SSSR count). The third-order valence-corrected chi connectivity index (χ3v) is 6.65. The Hall–Kier alpha value is -2.78. The molecule has 0 aliphatic heterocycles. The topological polar surface area (TPSA) is 96.0 Å². The van der Waals surface area contributed by atoms with E-state index in [1.807, 2.05) is 6.92 Å². The normalized spacial score (nSPS) is 12.0. The third kappa shape index (κ3) is 7.92. The number of anilines is 1. The van der Waals surface area contributed by atoms with Crippen LogP contribution in [0.3, 0.4) is 0 Å². The van der Waals surface area contributed by atoms with Crippen LogP contribution in [-0.4, -0.2) is 57.6 Å². The van der Waals surface area contributed by atoms with Crippen molar-refractivity contribution in [2.45, 2.75) is 39.3 Å². The lowest BCUT2D eigenvalue weighted by Crippen LogP contribution is -2.51. The van der Waals surface area contributed by atoms with Gasteiger partial charge in [-0.1, -0.05) is 37.1 Å². The lowest BCUT2D eigenvalue weighted by Gasteiger charge is -2.31. The van der Waals surface area contributed by atoms with Crippen LogP contribution in [-0.2, 0) is 26.2 Å². The van der Waals surface area contributed by atoms with Gasteiger partial charge in [0.2, 0.25) is 21.8 Å². The second-order valence-corrected chi connectivity index (χ2v) is 10.3. The number of hydrogen-bond donors (Lipinski definition) is 1. The van der Waals surface area contributed by atoms with Crippen molar-refractivity contribution in [3.05, 3.63) is 59.1 Å². The first-order chi connectivity index (χ1) is 16.1. The Morgan fingerprint density at radius 2 is 1.82 bits per heavy atom. The highest BCUT2D eigenvalue weighted by Gasteiger charge is 2.30. The highest BCUT2D eigenvalue weighted by atomic mass is 35.5. The molecule has 0 heterocycles. The summed E-state index contributed by atoms with van der Waals surface area (Å²) in [5, 5.41) is 3.34. The zero-order valence-electron chi connectivity index (χ0n) is 20.0. The smallest absolute Gasteiger partial charge is 0.244 e. The highest BCUT2D eigenvalue weighted by Crippen LogP contribution is 2.22. The molecule has 0 saturated heterocycles. The number of hydrogen-bond acceptors (Lipinski definition) is 5. The average Bonchev–Trinajstić information content (AvgIpc) is 2.80. The minimum Gasteiger partial charge on any atom is -0.497 e. The molecular formula is C24H32ClN3O5S. The number of ether oxygens (including phenoxy) is 1. The molecule has 186 valence electrons. The van der Waals surface area contributed by atoms with Crippen molar-refractivity contribution < 1.29 is 22.7 Å². The molecule has 0 aliphatic carbocycles. The maximum atomic E-state index is 13.4. The predicted octanol–water partition coefficient (Wildman–Crippen LogP) is 3.45. The Morgan fingerprint density at radius 3 is 2.38 bits per heavy atom. The molecule has 2 aromatic carbocycles. The Kier molecular flexibility index (Phi) is 10.2. The zero-order chi connectivity index (χ0) is 25.3. The van der Waals surface area contributed by atoms with Gasteiger partial charge in [0, 0.05) is 18.1 Å². The van der Waals surface area contributed by atoms with E-state index in [4.69, 9.17) is 16.3 Å². The van der Waals surface area contributed by atoms with Gasteiger partial charge in [-0.15, -0.1) is 0 Å². The number of rotatable bonds is 12. The highest BCUT2D eigenvalue weighted by molar-refractivity contribution is 7.92. The van der Waals surface area contributed by atoms with Gasteiger partial charge in [-0.05, 0) is 55.3 Å². The summed E-state index contributed by atoms with van der Waals surface area (Å²) in [6.45, 7) is 3.78. The van der Waals surface area contributed by atoms with Crippen molar-refractivity contribution in [1.29, 1.82) is 0 Å². The molecule has 1 atom stereocenters. The van der Waals surface area contributed by atoms with E-state index in [9.17, 15) is 18.0 Å². The first kappa shape index (κ1) is 27.5. The molecule has 0 spiro atoms. The molecule has 34 heavy (non-hydrogen) atoms. The number of carbonyl (C=O) groups excluding carboxylic acids is 2. The van der Waals surface area contributed by atoms with E-state index in [-0.39, 0.29) is 12.5 Å². The van der Waals surface area contributed by atoms with E-state index in [1.165, 1.54) is 12.0 Å². The molecule has 2 aromatic rings. The summed E-state index contributed by atoms with van der Waals surface area (Å²) in [4.78, 5) is 27.6. The van der Waals surface area contributed by atoms with E-state index >= 15 is 0 Å². The Morgan fingerprint density at radius 1 is 1.15 bits per heavy atom. The van der Waals surface area contributed by atoms with Crippen molar-refractivity contribution in [1.82, 2.24) is 10.2 Å². The van der Waals surface area contributed by atoms with Crippen LogP contribution in [0.5, 0.6) is 5.75 Å². The van der Waals surface area contributed by atoms with Gasteiger partial charge in [-0.25, -0.2) is 8.42 Å². The van der Waals surface area contributed by atoms with Crippen LogP contribution in [0.15, 0.2) is 48.5 Å². The number of nitrogens with one attached hydrogen (secondary N) is 1. The van der Waals surface area contributed by atoms with Crippen molar-refractivity contribution in [2.24, 2.45) is 0 Å². The van der Waals surface area contributed by atoms with Gasteiger partial charge in [0.1, 0.15) is 18.3 Å². The van der Waals surface area contributed by atoms with Crippen LogP contribution in [0, 0.1) is 0 Å². The minimum absolute atomic E-state index is 0.0992. The molecule has 0 fully saturated rings. The molecule has 0 radical (unpaired) electrons. The lowest BCUT2D eigenvalue weighted by molar-refractivity contribution is -0.139. The fourth-order valence-electron chi connectivity index (χ4n) is 3.31. The van der Waals surface area contributed by atoms with Crippen LogP contribution in [0.4, 0.5) is 5.69 Å². The van der Waals surface area contributed by atoms with Gasteiger partial charge in [0.25, 0.3) is 0 Å². The number of sulfonamides is 1. The van der Waals surface area contributed by atoms with Crippen LogP contribution in [0.25, 0.3) is 0 Å². The van der Waals surface area contributed by atoms with E-state index < -0.39 is 28.5 Å². The van der Waals surface area contributed by atoms with Crippen LogP contribution >= 0.6 is 11.6 Å². The van der Waals surface area contributed by atoms with Gasteiger partial charge in [0.15, 0.2) is 0 Å². The van der Waals surface area contributed by atoms with Crippen molar-refractivity contribution in [3.63, 3.8) is 0 Å². The second-order valence-electron chi connectivity index (χ2n) is 7.94. The maximum absolute atomic E-state index is 13.4. The van der Waals surface area contributed by atoms with Crippen molar-refractivity contribution in [2.75, 3.05) is 30.8 Å². The van der Waals surface area contributed by atoms with Gasteiger partial charge in [0.05, 0.1) is 19.1 Å². The molecule has 1 N–H and O–H groups in total. The summed E-state index contributed by atoms with van der Waals surface area (Å²) in [5.74, 6) is -0.262. The molecular weight excluding hydrogens is 478 g/mol. The predicted molar refractivity (Wildman–Crippen MR) is 135 cm³/mol. The van der Waals surface area contributed by atoms with E-state index in [1.54, 1.807) is 55.5 Å². The number of halogens is 1. The summed E-state index contributed by atoms with van der Waals surface area (Å²) >= 11 is 6.10. The van der Waals surface area contributed by atoms with Gasteiger partial charge >= 0.3 is 0 Å². The van der Waals surface area contributed by atoms with Gasteiger partial charge < -0.3 is 15.0 Å². The van der Waals surface area contributed by atoms with Gasteiger partial charge in [-0.2, -0.15) is 0 Å².